The second-order valence-electron chi connectivity index (χ2n) is 4.64. The van der Waals surface area contributed by atoms with Gasteiger partial charge in [0.15, 0.2) is 0 Å². The van der Waals surface area contributed by atoms with E-state index in [0.717, 1.165) is 13.1 Å². The highest BCUT2D eigenvalue weighted by atomic mass is 35.5. The van der Waals surface area contributed by atoms with Crippen molar-refractivity contribution in [2.75, 3.05) is 32.7 Å². The van der Waals surface area contributed by atoms with E-state index in [-0.39, 0.29) is 16.5 Å². The van der Waals surface area contributed by atoms with Gasteiger partial charge in [0.05, 0.1) is 18.1 Å². The summed E-state index contributed by atoms with van der Waals surface area (Å²) in [5.74, 6) is 0.342. The quantitative estimate of drug-likeness (QED) is 0.751. The first-order chi connectivity index (χ1) is 10.5. The fourth-order valence-corrected chi connectivity index (χ4v) is 4.19. The zero-order valence-electron chi connectivity index (χ0n) is 12.1. The largest absolute Gasteiger partial charge is 0.354 e. The first kappa shape index (κ1) is 17.3. The normalized spacial score (nSPS) is 15.0. The van der Waals surface area contributed by atoms with Crippen molar-refractivity contribution in [3.63, 3.8) is 0 Å². The number of nitrogens with zero attached hydrogens (tertiary/aromatic N) is 2. The van der Waals surface area contributed by atoms with Crippen LogP contribution >= 0.6 is 23.2 Å². The van der Waals surface area contributed by atoms with E-state index in [9.17, 15) is 8.42 Å². The van der Waals surface area contributed by atoms with Gasteiger partial charge in [0, 0.05) is 18.1 Å². The highest BCUT2D eigenvalue weighted by Crippen LogP contribution is 2.28. The van der Waals surface area contributed by atoms with E-state index >= 15 is 0 Å². The maximum atomic E-state index is 12.8. The number of hydrogen-bond acceptors (Lipinski definition) is 5. The molecule has 0 radical (unpaired) electrons. The van der Waals surface area contributed by atoms with Gasteiger partial charge in [-0.15, -0.1) is 0 Å². The number of nitrogens with one attached hydrogen (secondary N) is 2. The molecule has 2 N–H and O–H groups in total. The molecule has 2 rings (SSSR count). The van der Waals surface area contributed by atoms with Crippen LogP contribution in [0.2, 0.25) is 10.0 Å². The molecular formula is C13H18Cl2N4O2S. The van der Waals surface area contributed by atoms with Crippen molar-refractivity contribution in [1.82, 2.24) is 14.9 Å². The minimum absolute atomic E-state index is 0.00949. The SMILES string of the molecule is CCNCCNC1=NCCN1S(=O)(=O)c1cc(Cl)ccc1Cl. The lowest BCUT2D eigenvalue weighted by molar-refractivity contribution is 0.530. The van der Waals surface area contributed by atoms with Gasteiger partial charge in [-0.1, -0.05) is 30.1 Å². The number of halogens is 2. The Bertz CT molecular complexity index is 664. The molecule has 1 aliphatic rings. The van der Waals surface area contributed by atoms with Crippen LogP contribution in [-0.4, -0.2) is 51.4 Å². The first-order valence-corrected chi connectivity index (χ1v) is 9.13. The summed E-state index contributed by atoms with van der Waals surface area (Å²) >= 11 is 11.9. The summed E-state index contributed by atoms with van der Waals surface area (Å²) < 4.78 is 26.7. The maximum Gasteiger partial charge on any atom is 0.268 e. The van der Waals surface area contributed by atoms with Gasteiger partial charge >= 0.3 is 0 Å². The first-order valence-electron chi connectivity index (χ1n) is 6.93. The zero-order chi connectivity index (χ0) is 16.2. The number of benzene rings is 1. The number of rotatable bonds is 6. The minimum Gasteiger partial charge on any atom is -0.354 e. The van der Waals surface area contributed by atoms with Crippen LogP contribution in [0.4, 0.5) is 0 Å². The van der Waals surface area contributed by atoms with Gasteiger partial charge in [0.1, 0.15) is 4.90 Å². The molecule has 1 aromatic carbocycles. The van der Waals surface area contributed by atoms with Crippen LogP contribution < -0.4 is 10.6 Å². The van der Waals surface area contributed by atoms with Crippen LogP contribution in [0, 0.1) is 0 Å². The Labute approximate surface area is 140 Å². The highest BCUT2D eigenvalue weighted by Gasteiger charge is 2.32. The summed E-state index contributed by atoms with van der Waals surface area (Å²) in [5, 5.41) is 6.65. The van der Waals surface area contributed by atoms with Gasteiger partial charge < -0.3 is 10.6 Å². The van der Waals surface area contributed by atoms with Crippen molar-refractivity contribution in [2.24, 2.45) is 4.99 Å². The topological polar surface area (TPSA) is 73.8 Å². The molecule has 0 aliphatic carbocycles. The molecule has 0 amide bonds. The average molecular weight is 365 g/mol. The van der Waals surface area contributed by atoms with E-state index in [4.69, 9.17) is 23.2 Å². The van der Waals surface area contributed by atoms with Crippen LogP contribution in [0.5, 0.6) is 0 Å². The third kappa shape index (κ3) is 3.84. The van der Waals surface area contributed by atoms with Crippen molar-refractivity contribution < 1.29 is 8.42 Å². The van der Waals surface area contributed by atoms with E-state index in [1.165, 1.54) is 16.4 Å². The summed E-state index contributed by atoms with van der Waals surface area (Å²) in [6, 6.07) is 4.38. The average Bonchev–Trinajstić information content (AvgIpc) is 2.95. The number of aliphatic imine (C=N–C) groups is 1. The molecule has 122 valence electrons. The lowest BCUT2D eigenvalue weighted by atomic mass is 10.4. The molecule has 0 spiro atoms. The Balaban J connectivity index is 2.18. The zero-order valence-corrected chi connectivity index (χ0v) is 14.5. The molecule has 9 heteroatoms. The van der Waals surface area contributed by atoms with Crippen LogP contribution in [0.25, 0.3) is 0 Å². The standard InChI is InChI=1S/C13H18Cl2N4O2S/c1-2-16-5-6-17-13-18-7-8-19(13)22(20,21)12-9-10(14)3-4-11(12)15/h3-4,9,16H,2,5-8H2,1H3,(H,17,18). The predicted molar refractivity (Wildman–Crippen MR) is 89.2 cm³/mol. The molecule has 0 saturated heterocycles. The third-order valence-corrected chi connectivity index (χ3v) is 5.60. The van der Waals surface area contributed by atoms with Crippen LogP contribution in [0.1, 0.15) is 6.92 Å². The molecule has 6 nitrogen and oxygen atoms in total. The van der Waals surface area contributed by atoms with E-state index in [1.807, 2.05) is 6.92 Å². The van der Waals surface area contributed by atoms with Crippen LogP contribution in [-0.2, 0) is 10.0 Å². The van der Waals surface area contributed by atoms with E-state index < -0.39 is 10.0 Å². The van der Waals surface area contributed by atoms with Crippen molar-refractivity contribution in [2.45, 2.75) is 11.8 Å². The van der Waals surface area contributed by atoms with Gasteiger partial charge in [-0.3, -0.25) is 4.99 Å². The van der Waals surface area contributed by atoms with Crippen molar-refractivity contribution in [3.8, 4) is 0 Å². The highest BCUT2D eigenvalue weighted by molar-refractivity contribution is 7.89. The van der Waals surface area contributed by atoms with Gasteiger partial charge in [0.25, 0.3) is 10.0 Å². The minimum atomic E-state index is -3.78. The van der Waals surface area contributed by atoms with E-state index in [0.29, 0.717) is 24.1 Å². The fourth-order valence-electron chi connectivity index (χ4n) is 2.04. The molecule has 0 fully saturated rings. The fraction of sp³-hybridized carbons (Fsp3) is 0.462. The molecule has 0 saturated carbocycles. The van der Waals surface area contributed by atoms with Gasteiger partial charge in [-0.2, -0.15) is 0 Å². The van der Waals surface area contributed by atoms with Crippen molar-refractivity contribution in [3.05, 3.63) is 28.2 Å². The number of hydrogen-bond donors (Lipinski definition) is 2. The third-order valence-electron chi connectivity index (χ3n) is 3.10. The molecule has 0 atom stereocenters. The molecule has 1 heterocycles. The predicted octanol–water partition coefficient (Wildman–Crippen LogP) is 1.55. The Morgan fingerprint density at radius 1 is 1.32 bits per heavy atom. The van der Waals surface area contributed by atoms with Gasteiger partial charge in [-0.05, 0) is 24.7 Å². The summed E-state index contributed by atoms with van der Waals surface area (Å²) in [5.41, 5.74) is 0. The number of guanidine groups is 1. The smallest absolute Gasteiger partial charge is 0.268 e. The Kier molecular flexibility index (Phi) is 5.91. The number of likely N-dealkylation sites (N-methyl/N-ethyl adjacent to an activating group) is 1. The molecule has 1 aliphatic heterocycles. The Morgan fingerprint density at radius 3 is 2.82 bits per heavy atom. The number of sulfonamides is 1. The van der Waals surface area contributed by atoms with Gasteiger partial charge in [-0.25, -0.2) is 12.7 Å². The second kappa shape index (κ2) is 7.50. The molecule has 0 unspecified atom stereocenters. The van der Waals surface area contributed by atoms with Gasteiger partial charge in [0.2, 0.25) is 5.96 Å². The van der Waals surface area contributed by atoms with Crippen molar-refractivity contribution in [1.29, 1.82) is 0 Å². The van der Waals surface area contributed by atoms with Crippen LogP contribution in [0.15, 0.2) is 28.1 Å². The summed E-state index contributed by atoms with van der Waals surface area (Å²) in [6.45, 7) is 4.87. The monoisotopic (exact) mass is 364 g/mol. The van der Waals surface area contributed by atoms with Crippen LogP contribution in [0.3, 0.4) is 0 Å². The lowest BCUT2D eigenvalue weighted by Crippen LogP contribution is -2.44. The second-order valence-corrected chi connectivity index (χ2v) is 7.31. The Morgan fingerprint density at radius 2 is 2.09 bits per heavy atom. The molecular weight excluding hydrogens is 347 g/mol. The molecule has 0 aromatic heterocycles. The van der Waals surface area contributed by atoms with E-state index in [1.54, 1.807) is 6.07 Å². The molecule has 1 aromatic rings. The lowest BCUT2D eigenvalue weighted by Gasteiger charge is -2.21. The summed E-state index contributed by atoms with van der Waals surface area (Å²) in [6.07, 6.45) is 0. The summed E-state index contributed by atoms with van der Waals surface area (Å²) in [4.78, 5) is 4.20. The maximum absolute atomic E-state index is 12.8. The molecule has 0 bridgehead atoms. The summed E-state index contributed by atoms with van der Waals surface area (Å²) in [7, 11) is -3.78. The van der Waals surface area contributed by atoms with E-state index in [2.05, 4.69) is 15.6 Å². The van der Waals surface area contributed by atoms with Crippen molar-refractivity contribution >= 4 is 39.2 Å². The molecule has 22 heavy (non-hydrogen) atoms. The Hall–Kier alpha value is -1.02.